The summed E-state index contributed by atoms with van der Waals surface area (Å²) in [7, 11) is -0.396. The quantitative estimate of drug-likeness (QED) is 0.560. The smallest absolute Gasteiger partial charge is 0.193 e. The van der Waals surface area contributed by atoms with Crippen LogP contribution in [0.3, 0.4) is 0 Å². The van der Waals surface area contributed by atoms with Gasteiger partial charge in [0.2, 0.25) is 0 Å². The molecule has 1 rings (SSSR count). The van der Waals surface area contributed by atoms with Crippen molar-refractivity contribution in [3.63, 3.8) is 0 Å². The van der Waals surface area contributed by atoms with Crippen LogP contribution in [-0.4, -0.2) is 33.9 Å². The van der Waals surface area contributed by atoms with Gasteiger partial charge < -0.3 is 18.7 Å². The molecule has 0 radical (unpaired) electrons. The maximum Gasteiger partial charge on any atom is 0.193 e. The van der Waals surface area contributed by atoms with E-state index >= 15 is 0 Å². The molecule has 1 aromatic rings. The summed E-state index contributed by atoms with van der Waals surface area (Å²) in [5, 5.41) is 0.0497. The minimum Gasteiger partial charge on any atom is -0.497 e. The average Bonchev–Trinajstić information content (AvgIpc) is 2.44. The van der Waals surface area contributed by atoms with Crippen molar-refractivity contribution >= 4 is 14.6 Å². The van der Waals surface area contributed by atoms with Crippen molar-refractivity contribution in [2.24, 2.45) is 0 Å². The number of hydrogen-bond acceptors (Lipinski definition) is 4. The summed E-state index contributed by atoms with van der Waals surface area (Å²) in [6, 6.07) is 7.30. The summed E-state index contributed by atoms with van der Waals surface area (Å²) in [4.78, 5) is 11.4. The molecule has 2 atom stereocenters. The maximum atomic E-state index is 11.4. The zero-order chi connectivity index (χ0) is 17.0. The van der Waals surface area contributed by atoms with E-state index in [0.29, 0.717) is 5.75 Å². The molecule has 0 saturated heterocycles. The normalized spacial score (nSPS) is 15.0. The van der Waals surface area contributed by atoms with Crippen LogP contribution in [0, 0.1) is 0 Å². The Morgan fingerprint density at radius 3 is 2.00 bits per heavy atom. The van der Waals surface area contributed by atoms with Gasteiger partial charge in [0.1, 0.15) is 23.7 Å². The molecule has 0 fully saturated rings. The van der Waals surface area contributed by atoms with Crippen molar-refractivity contribution in [3.8, 4) is 11.5 Å². The van der Waals surface area contributed by atoms with Crippen LogP contribution >= 0.6 is 0 Å². The highest BCUT2D eigenvalue weighted by molar-refractivity contribution is 6.74. The van der Waals surface area contributed by atoms with Crippen LogP contribution in [0.25, 0.3) is 0 Å². The summed E-state index contributed by atoms with van der Waals surface area (Å²) in [5.41, 5.74) is 0. The van der Waals surface area contributed by atoms with E-state index in [1.807, 2.05) is 31.2 Å². The molecular formula is C17H28O4Si. The first-order chi connectivity index (χ1) is 10.1. The predicted octanol–water partition coefficient (Wildman–Crippen LogP) is 4.05. The number of benzene rings is 1. The molecule has 0 aliphatic rings. The molecule has 0 spiro atoms. The Bertz CT molecular complexity index is 476. The third-order valence-electron chi connectivity index (χ3n) is 4.22. The van der Waals surface area contributed by atoms with Gasteiger partial charge in [-0.25, -0.2) is 0 Å². The van der Waals surface area contributed by atoms with E-state index in [0.717, 1.165) is 12.0 Å². The number of rotatable bonds is 7. The van der Waals surface area contributed by atoms with Crippen LogP contribution in [0.2, 0.25) is 18.1 Å². The molecule has 124 valence electrons. The van der Waals surface area contributed by atoms with E-state index in [9.17, 15) is 4.79 Å². The maximum absolute atomic E-state index is 11.4. The number of hydrogen-bond donors (Lipinski definition) is 0. The standard InChI is InChI=1S/C17H28O4Si/c1-13(20-15-10-8-14(19-5)9-11-15)16(12-18)21-22(6,7)17(2,3)4/h8-13,16H,1-7H3/t13-,16+/m0/s1. The number of aldehydes is 1. The molecule has 0 aliphatic heterocycles. The van der Waals surface area contributed by atoms with Crippen LogP contribution in [0.4, 0.5) is 0 Å². The lowest BCUT2D eigenvalue weighted by Gasteiger charge is -2.39. The SMILES string of the molecule is COc1ccc(O[C@@H](C)[C@@H](C=O)O[Si](C)(C)C(C)(C)C)cc1. The zero-order valence-electron chi connectivity index (χ0n) is 14.7. The monoisotopic (exact) mass is 324 g/mol. The molecule has 0 aromatic heterocycles. The predicted molar refractivity (Wildman–Crippen MR) is 91.2 cm³/mol. The summed E-state index contributed by atoms with van der Waals surface area (Å²) < 4.78 is 17.1. The number of methoxy groups -OCH3 is 1. The number of carbonyl (C=O) groups is 1. The second-order valence-electron chi connectivity index (χ2n) is 6.98. The molecule has 0 aliphatic carbocycles. The number of carbonyl (C=O) groups excluding carboxylic acids is 1. The van der Waals surface area contributed by atoms with Gasteiger partial charge in [0, 0.05) is 0 Å². The van der Waals surface area contributed by atoms with Crippen LogP contribution < -0.4 is 9.47 Å². The van der Waals surface area contributed by atoms with E-state index in [4.69, 9.17) is 13.9 Å². The fraction of sp³-hybridized carbons (Fsp3) is 0.588. The Balaban J connectivity index is 2.75. The molecule has 0 amide bonds. The Labute approximate surface area is 134 Å². The summed E-state index contributed by atoms with van der Waals surface area (Å²) >= 11 is 0. The van der Waals surface area contributed by atoms with E-state index in [2.05, 4.69) is 33.9 Å². The third-order valence-corrected chi connectivity index (χ3v) is 8.69. The van der Waals surface area contributed by atoms with E-state index < -0.39 is 14.4 Å². The van der Waals surface area contributed by atoms with Gasteiger partial charge in [-0.3, -0.25) is 0 Å². The Morgan fingerprint density at radius 2 is 1.59 bits per heavy atom. The molecule has 22 heavy (non-hydrogen) atoms. The fourth-order valence-corrected chi connectivity index (χ4v) is 2.97. The zero-order valence-corrected chi connectivity index (χ0v) is 15.7. The molecule has 5 heteroatoms. The second-order valence-corrected chi connectivity index (χ2v) is 11.7. The minimum absolute atomic E-state index is 0.0497. The van der Waals surface area contributed by atoms with Gasteiger partial charge in [0.25, 0.3) is 0 Å². The Morgan fingerprint density at radius 1 is 1.09 bits per heavy atom. The molecule has 0 heterocycles. The van der Waals surface area contributed by atoms with E-state index in [1.54, 1.807) is 7.11 Å². The fourth-order valence-electron chi connectivity index (χ4n) is 1.69. The highest BCUT2D eigenvalue weighted by atomic mass is 28.4. The molecule has 0 saturated carbocycles. The largest absolute Gasteiger partial charge is 0.497 e. The van der Waals surface area contributed by atoms with Crippen LogP contribution in [0.15, 0.2) is 24.3 Å². The molecule has 1 aromatic carbocycles. The highest BCUT2D eigenvalue weighted by Gasteiger charge is 2.40. The summed E-state index contributed by atoms with van der Waals surface area (Å²) in [5.74, 6) is 1.46. The van der Waals surface area contributed by atoms with E-state index in [-0.39, 0.29) is 11.1 Å². The van der Waals surface area contributed by atoms with Crippen molar-refractivity contribution in [2.75, 3.05) is 7.11 Å². The lowest BCUT2D eigenvalue weighted by molar-refractivity contribution is -0.117. The van der Waals surface area contributed by atoms with Crippen molar-refractivity contribution < 1.29 is 18.7 Å². The minimum atomic E-state index is -2.01. The van der Waals surface area contributed by atoms with Crippen molar-refractivity contribution in [1.82, 2.24) is 0 Å². The van der Waals surface area contributed by atoms with Crippen molar-refractivity contribution in [1.29, 1.82) is 0 Å². The van der Waals surface area contributed by atoms with Crippen LogP contribution in [0.5, 0.6) is 11.5 Å². The van der Waals surface area contributed by atoms with Crippen LogP contribution in [0.1, 0.15) is 27.7 Å². The molecule has 0 bridgehead atoms. The van der Waals surface area contributed by atoms with Crippen molar-refractivity contribution in [2.45, 2.75) is 58.0 Å². The average molecular weight is 324 g/mol. The van der Waals surface area contributed by atoms with Gasteiger partial charge in [-0.1, -0.05) is 20.8 Å². The lowest BCUT2D eigenvalue weighted by Crippen LogP contribution is -2.48. The van der Waals surface area contributed by atoms with Gasteiger partial charge in [-0.2, -0.15) is 0 Å². The van der Waals surface area contributed by atoms with Gasteiger partial charge in [0.05, 0.1) is 7.11 Å². The second kappa shape index (κ2) is 7.29. The molecular weight excluding hydrogens is 296 g/mol. The van der Waals surface area contributed by atoms with Gasteiger partial charge in [-0.15, -0.1) is 0 Å². The molecule has 0 unspecified atom stereocenters. The third kappa shape index (κ3) is 4.85. The van der Waals surface area contributed by atoms with Gasteiger partial charge >= 0.3 is 0 Å². The highest BCUT2D eigenvalue weighted by Crippen LogP contribution is 2.37. The summed E-state index contributed by atoms with van der Waals surface area (Å²) in [6.07, 6.45) is -0.0719. The molecule has 0 N–H and O–H groups in total. The first-order valence-electron chi connectivity index (χ1n) is 7.54. The van der Waals surface area contributed by atoms with E-state index in [1.165, 1.54) is 0 Å². The van der Waals surface area contributed by atoms with Gasteiger partial charge in [-0.05, 0) is 49.3 Å². The van der Waals surface area contributed by atoms with Gasteiger partial charge in [0.15, 0.2) is 14.6 Å². The molecule has 4 nitrogen and oxygen atoms in total. The number of ether oxygens (including phenoxy) is 2. The lowest BCUT2D eigenvalue weighted by atomic mass is 10.2. The first kappa shape index (κ1) is 18.7. The van der Waals surface area contributed by atoms with Crippen molar-refractivity contribution in [3.05, 3.63) is 24.3 Å². The first-order valence-corrected chi connectivity index (χ1v) is 10.5. The topological polar surface area (TPSA) is 44.8 Å². The summed E-state index contributed by atoms with van der Waals surface area (Å²) in [6.45, 7) is 12.6. The van der Waals surface area contributed by atoms with Crippen LogP contribution in [-0.2, 0) is 9.22 Å². The Hall–Kier alpha value is -1.33. The Kier molecular flexibility index (Phi) is 6.20.